The van der Waals surface area contributed by atoms with Crippen LogP contribution in [0.2, 0.25) is 0 Å². The fourth-order valence-corrected chi connectivity index (χ4v) is 1.27. The second-order valence-corrected chi connectivity index (χ2v) is 3.60. The maximum Gasteiger partial charge on any atom is 0.335 e. The first-order valence-corrected chi connectivity index (χ1v) is 5.44. The van der Waals surface area contributed by atoms with Crippen LogP contribution < -0.4 is 15.8 Å². The number of nitriles is 1. The molecule has 1 amide bonds. The summed E-state index contributed by atoms with van der Waals surface area (Å²) in [7, 11) is 0. The fourth-order valence-electron chi connectivity index (χ4n) is 1.27. The summed E-state index contributed by atoms with van der Waals surface area (Å²) in [6.07, 6.45) is 0.223. The summed E-state index contributed by atoms with van der Waals surface area (Å²) in [5, 5.41) is 19.5. The first-order chi connectivity index (χ1) is 9.04. The lowest BCUT2D eigenvalue weighted by Gasteiger charge is -2.09. The van der Waals surface area contributed by atoms with Gasteiger partial charge in [0.1, 0.15) is 5.75 Å². The number of nitrogen functional groups attached to an aromatic ring is 1. The van der Waals surface area contributed by atoms with Gasteiger partial charge in [-0.05, 0) is 18.2 Å². The van der Waals surface area contributed by atoms with Crippen LogP contribution in [0.5, 0.6) is 5.75 Å². The highest BCUT2D eigenvalue weighted by atomic mass is 16.5. The minimum absolute atomic E-state index is 0.0447. The Kier molecular flexibility index (Phi) is 5.17. The Morgan fingerprint density at radius 3 is 2.79 bits per heavy atom. The quantitative estimate of drug-likeness (QED) is 0.503. The van der Waals surface area contributed by atoms with E-state index >= 15 is 0 Å². The molecule has 0 bridgehead atoms. The number of carbonyl (C=O) groups excluding carboxylic acids is 1. The number of rotatable bonds is 6. The molecular weight excluding hydrogens is 250 g/mol. The van der Waals surface area contributed by atoms with Crippen molar-refractivity contribution >= 4 is 17.6 Å². The predicted molar refractivity (Wildman–Crippen MR) is 66.5 cm³/mol. The van der Waals surface area contributed by atoms with Gasteiger partial charge in [0, 0.05) is 6.54 Å². The molecule has 0 spiro atoms. The van der Waals surface area contributed by atoms with Crippen molar-refractivity contribution in [3.63, 3.8) is 0 Å². The maximum absolute atomic E-state index is 11.3. The molecule has 0 fully saturated rings. The number of anilines is 1. The molecule has 0 aliphatic carbocycles. The normalized spacial score (nSPS) is 9.42. The third-order valence-electron chi connectivity index (χ3n) is 2.17. The van der Waals surface area contributed by atoms with Crippen LogP contribution >= 0.6 is 0 Å². The number of amides is 1. The van der Waals surface area contributed by atoms with Crippen LogP contribution in [-0.4, -0.2) is 30.1 Å². The zero-order chi connectivity index (χ0) is 14.3. The molecule has 0 atom stereocenters. The molecule has 1 aromatic rings. The lowest BCUT2D eigenvalue weighted by atomic mass is 10.2. The van der Waals surface area contributed by atoms with Gasteiger partial charge in [-0.15, -0.1) is 0 Å². The van der Waals surface area contributed by atoms with E-state index in [-0.39, 0.29) is 42.5 Å². The molecule has 19 heavy (non-hydrogen) atoms. The van der Waals surface area contributed by atoms with Crippen LogP contribution in [0.15, 0.2) is 18.2 Å². The fraction of sp³-hybridized carbons (Fsp3) is 0.250. The molecule has 1 aromatic carbocycles. The van der Waals surface area contributed by atoms with E-state index in [9.17, 15) is 9.59 Å². The Balaban J connectivity index is 2.52. The number of hydrogen-bond acceptors (Lipinski definition) is 5. The number of nitrogens with one attached hydrogen (secondary N) is 1. The molecule has 0 unspecified atom stereocenters. The van der Waals surface area contributed by atoms with Crippen molar-refractivity contribution in [3.8, 4) is 11.8 Å². The summed E-state index contributed by atoms with van der Waals surface area (Å²) in [6, 6.07) is 5.87. The van der Waals surface area contributed by atoms with Crippen LogP contribution in [0.4, 0.5) is 5.69 Å². The molecule has 0 aliphatic heterocycles. The summed E-state index contributed by atoms with van der Waals surface area (Å²) in [6.45, 7) is 0.00811. The van der Waals surface area contributed by atoms with Gasteiger partial charge in [0.15, 0.2) is 6.61 Å². The van der Waals surface area contributed by atoms with Gasteiger partial charge in [0.25, 0.3) is 5.91 Å². The molecule has 0 saturated heterocycles. The van der Waals surface area contributed by atoms with Gasteiger partial charge >= 0.3 is 5.97 Å². The Morgan fingerprint density at radius 1 is 1.47 bits per heavy atom. The molecule has 0 heterocycles. The Bertz CT molecular complexity index is 522. The number of hydrogen-bond donors (Lipinski definition) is 3. The van der Waals surface area contributed by atoms with E-state index in [1.807, 2.05) is 6.07 Å². The molecule has 0 saturated carbocycles. The van der Waals surface area contributed by atoms with Gasteiger partial charge < -0.3 is 20.9 Å². The molecule has 0 aliphatic rings. The lowest BCUT2D eigenvalue weighted by Crippen LogP contribution is -2.29. The number of nitrogens with zero attached hydrogens (tertiary/aromatic N) is 1. The predicted octanol–water partition coefficient (Wildman–Crippen LogP) is 0.376. The second kappa shape index (κ2) is 6.86. The smallest absolute Gasteiger partial charge is 0.335 e. The van der Waals surface area contributed by atoms with Gasteiger partial charge in [0.05, 0.1) is 23.7 Å². The highest BCUT2D eigenvalue weighted by Crippen LogP contribution is 2.22. The lowest BCUT2D eigenvalue weighted by molar-refractivity contribution is -0.123. The summed E-state index contributed by atoms with van der Waals surface area (Å²) in [5.41, 5.74) is 5.79. The van der Waals surface area contributed by atoms with Crippen molar-refractivity contribution in [3.05, 3.63) is 23.8 Å². The largest absolute Gasteiger partial charge is 0.482 e. The maximum atomic E-state index is 11.3. The number of nitrogens with two attached hydrogens (primary N) is 1. The topological polar surface area (TPSA) is 125 Å². The van der Waals surface area contributed by atoms with E-state index in [2.05, 4.69) is 5.32 Å². The zero-order valence-electron chi connectivity index (χ0n) is 10.0. The second-order valence-electron chi connectivity index (χ2n) is 3.60. The highest BCUT2D eigenvalue weighted by molar-refractivity contribution is 5.89. The van der Waals surface area contributed by atoms with Crippen LogP contribution in [0.1, 0.15) is 16.8 Å². The third kappa shape index (κ3) is 4.55. The van der Waals surface area contributed by atoms with Crippen molar-refractivity contribution in [1.29, 1.82) is 5.26 Å². The van der Waals surface area contributed by atoms with E-state index < -0.39 is 5.97 Å². The molecule has 7 heteroatoms. The molecule has 4 N–H and O–H groups in total. The van der Waals surface area contributed by atoms with E-state index in [1.54, 1.807) is 0 Å². The monoisotopic (exact) mass is 263 g/mol. The molecule has 7 nitrogen and oxygen atoms in total. The number of benzene rings is 1. The zero-order valence-corrected chi connectivity index (χ0v) is 10.0. The standard InChI is InChI=1S/C12H13N3O4/c13-4-1-5-15-11(16)7-19-10-3-2-8(12(17)18)6-9(10)14/h2-3,6H,1,5,7,14H2,(H,15,16)(H,17,18). The van der Waals surface area contributed by atoms with Gasteiger partial charge in [-0.25, -0.2) is 4.79 Å². The molecule has 0 aromatic heterocycles. The molecule has 100 valence electrons. The summed E-state index contributed by atoms with van der Waals surface area (Å²) >= 11 is 0. The molecule has 1 rings (SSSR count). The van der Waals surface area contributed by atoms with Crippen molar-refractivity contribution < 1.29 is 19.4 Å². The summed E-state index contributed by atoms with van der Waals surface area (Å²) < 4.78 is 5.15. The highest BCUT2D eigenvalue weighted by Gasteiger charge is 2.08. The number of carbonyl (C=O) groups is 2. The van der Waals surface area contributed by atoms with Crippen LogP contribution in [-0.2, 0) is 4.79 Å². The van der Waals surface area contributed by atoms with Crippen molar-refractivity contribution in [1.82, 2.24) is 5.32 Å². The minimum Gasteiger partial charge on any atom is -0.482 e. The van der Waals surface area contributed by atoms with E-state index in [0.717, 1.165) is 0 Å². The number of carboxylic acid groups (broad SMARTS) is 1. The van der Waals surface area contributed by atoms with E-state index in [0.29, 0.717) is 0 Å². The first-order valence-electron chi connectivity index (χ1n) is 5.44. The van der Waals surface area contributed by atoms with Crippen LogP contribution in [0, 0.1) is 11.3 Å². The Labute approximate surface area is 109 Å². The van der Waals surface area contributed by atoms with Gasteiger partial charge in [0.2, 0.25) is 0 Å². The van der Waals surface area contributed by atoms with Crippen LogP contribution in [0.3, 0.4) is 0 Å². The molecular formula is C12H13N3O4. The first kappa shape index (κ1) is 14.3. The van der Waals surface area contributed by atoms with Gasteiger partial charge in [-0.3, -0.25) is 4.79 Å². The third-order valence-corrected chi connectivity index (χ3v) is 2.17. The van der Waals surface area contributed by atoms with Crippen molar-refractivity contribution in [2.45, 2.75) is 6.42 Å². The average molecular weight is 263 g/mol. The van der Waals surface area contributed by atoms with Gasteiger partial charge in [-0.2, -0.15) is 5.26 Å². The van der Waals surface area contributed by atoms with Crippen molar-refractivity contribution in [2.24, 2.45) is 0 Å². The SMILES string of the molecule is N#CCCNC(=O)COc1ccc(C(=O)O)cc1N. The molecule has 0 radical (unpaired) electrons. The summed E-state index contributed by atoms with van der Waals surface area (Å²) in [4.78, 5) is 22.0. The Hall–Kier alpha value is -2.75. The van der Waals surface area contributed by atoms with Gasteiger partial charge in [-0.1, -0.05) is 0 Å². The number of carboxylic acids is 1. The average Bonchev–Trinajstić information content (AvgIpc) is 2.37. The van der Waals surface area contributed by atoms with Crippen molar-refractivity contribution in [2.75, 3.05) is 18.9 Å². The Morgan fingerprint density at radius 2 is 2.21 bits per heavy atom. The minimum atomic E-state index is -1.09. The van der Waals surface area contributed by atoms with E-state index in [4.69, 9.17) is 20.8 Å². The number of ether oxygens (including phenoxy) is 1. The number of aromatic carboxylic acids is 1. The van der Waals surface area contributed by atoms with E-state index in [1.165, 1.54) is 18.2 Å². The van der Waals surface area contributed by atoms with Crippen LogP contribution in [0.25, 0.3) is 0 Å². The summed E-state index contributed by atoms with van der Waals surface area (Å²) in [5.74, 6) is -1.23.